The Kier molecular flexibility index (Phi) is 6.37. The van der Waals surface area contributed by atoms with Gasteiger partial charge in [0, 0.05) is 16.4 Å². The highest BCUT2D eigenvalue weighted by molar-refractivity contribution is 6.30. The molecule has 0 N–H and O–H groups in total. The van der Waals surface area contributed by atoms with E-state index in [0.29, 0.717) is 27.5 Å². The van der Waals surface area contributed by atoms with Crippen molar-refractivity contribution in [1.29, 1.82) is 0 Å². The Hall–Kier alpha value is -3.38. The van der Waals surface area contributed by atoms with Crippen molar-refractivity contribution in [2.24, 2.45) is 0 Å². The van der Waals surface area contributed by atoms with Gasteiger partial charge in [-0.15, -0.1) is 0 Å². The third-order valence-electron chi connectivity index (χ3n) is 4.59. The number of ether oxygens (including phenoxy) is 2. The summed E-state index contributed by atoms with van der Waals surface area (Å²) in [5.74, 6) is -1.43. The zero-order valence-corrected chi connectivity index (χ0v) is 17.5. The lowest BCUT2D eigenvalue weighted by atomic mass is 10.0. The number of carbonyl (C=O) groups excluding carboxylic acids is 3. The number of hydrogen-bond acceptors (Lipinski definition) is 5. The largest absolute Gasteiger partial charge is 0.465 e. The van der Waals surface area contributed by atoms with Crippen LogP contribution in [0, 0.1) is 0 Å². The van der Waals surface area contributed by atoms with Crippen LogP contribution in [-0.4, -0.2) is 31.6 Å². The summed E-state index contributed by atoms with van der Waals surface area (Å²) in [5, 5.41) is 0.515. The lowest BCUT2D eigenvalue weighted by Crippen LogP contribution is -2.24. The van der Waals surface area contributed by atoms with E-state index in [4.69, 9.17) is 21.1 Å². The maximum atomic E-state index is 13.2. The van der Waals surface area contributed by atoms with Crippen LogP contribution in [-0.2, 0) is 19.1 Å². The summed E-state index contributed by atoms with van der Waals surface area (Å²) in [6.07, 6.45) is 1.61. The SMILES string of the molecule is CCOC(=O)c1ccc(N2C(=O)C(=Cc3cccc(Cl)c3)C(C(=O)OC)=C2C)cc1. The van der Waals surface area contributed by atoms with Gasteiger partial charge >= 0.3 is 11.9 Å². The van der Waals surface area contributed by atoms with Crippen LogP contribution < -0.4 is 4.90 Å². The summed E-state index contributed by atoms with van der Waals surface area (Å²) in [6, 6.07) is 13.4. The Labute approximate surface area is 179 Å². The first-order valence-electron chi connectivity index (χ1n) is 9.25. The summed E-state index contributed by atoms with van der Waals surface area (Å²) in [5.41, 5.74) is 2.38. The molecule has 1 heterocycles. The van der Waals surface area contributed by atoms with E-state index in [1.165, 1.54) is 12.0 Å². The number of hydrogen-bond donors (Lipinski definition) is 0. The fourth-order valence-corrected chi connectivity index (χ4v) is 3.41. The monoisotopic (exact) mass is 425 g/mol. The van der Waals surface area contributed by atoms with Gasteiger partial charge in [-0.05, 0) is 61.9 Å². The van der Waals surface area contributed by atoms with Crippen molar-refractivity contribution in [3.8, 4) is 0 Å². The van der Waals surface area contributed by atoms with Crippen molar-refractivity contribution < 1.29 is 23.9 Å². The Balaban J connectivity index is 2.04. The lowest BCUT2D eigenvalue weighted by Gasteiger charge is -2.18. The van der Waals surface area contributed by atoms with E-state index < -0.39 is 11.9 Å². The summed E-state index contributed by atoms with van der Waals surface area (Å²) >= 11 is 6.04. The molecular formula is C23H20ClNO5. The number of rotatable bonds is 5. The van der Waals surface area contributed by atoms with Crippen LogP contribution in [0.4, 0.5) is 5.69 Å². The highest BCUT2D eigenvalue weighted by Crippen LogP contribution is 2.35. The van der Waals surface area contributed by atoms with Gasteiger partial charge in [0.25, 0.3) is 5.91 Å². The minimum atomic E-state index is -0.611. The highest BCUT2D eigenvalue weighted by Gasteiger charge is 2.37. The molecule has 0 spiro atoms. The zero-order chi connectivity index (χ0) is 21.8. The molecular weight excluding hydrogens is 406 g/mol. The predicted molar refractivity (Wildman–Crippen MR) is 114 cm³/mol. The fraction of sp³-hybridized carbons (Fsp3) is 0.174. The molecule has 0 aliphatic carbocycles. The number of allylic oxidation sites excluding steroid dienone is 1. The molecule has 2 aromatic rings. The maximum absolute atomic E-state index is 13.2. The molecule has 0 radical (unpaired) electrons. The van der Waals surface area contributed by atoms with Crippen molar-refractivity contribution in [2.75, 3.05) is 18.6 Å². The Bertz CT molecular complexity index is 1070. The van der Waals surface area contributed by atoms with Crippen LogP contribution in [0.2, 0.25) is 5.02 Å². The molecule has 154 valence electrons. The van der Waals surface area contributed by atoms with Crippen molar-refractivity contribution in [3.63, 3.8) is 0 Å². The molecule has 3 rings (SSSR count). The van der Waals surface area contributed by atoms with Crippen molar-refractivity contribution in [1.82, 2.24) is 0 Å². The number of nitrogens with zero attached hydrogens (tertiary/aromatic N) is 1. The van der Waals surface area contributed by atoms with Crippen LogP contribution in [0.1, 0.15) is 29.8 Å². The summed E-state index contributed by atoms with van der Waals surface area (Å²) < 4.78 is 9.88. The van der Waals surface area contributed by atoms with Gasteiger partial charge in [0.2, 0.25) is 0 Å². The molecule has 0 aromatic heterocycles. The molecule has 30 heavy (non-hydrogen) atoms. The number of carbonyl (C=O) groups is 3. The molecule has 0 atom stereocenters. The minimum absolute atomic E-state index is 0.178. The molecule has 0 fully saturated rings. The van der Waals surface area contributed by atoms with Gasteiger partial charge in [-0.25, -0.2) is 9.59 Å². The van der Waals surface area contributed by atoms with Crippen LogP contribution in [0.5, 0.6) is 0 Å². The Morgan fingerprint density at radius 1 is 1.10 bits per heavy atom. The second kappa shape index (κ2) is 8.97. The number of halogens is 1. The third-order valence-corrected chi connectivity index (χ3v) is 4.82. The standard InChI is InChI=1S/C23H20ClNO5/c1-4-30-22(27)16-8-10-18(11-9-16)25-14(2)20(23(28)29-3)19(21(25)26)13-15-6-5-7-17(24)12-15/h5-13H,4H2,1-3H3. The predicted octanol–water partition coefficient (Wildman–Crippen LogP) is 4.39. The van der Waals surface area contributed by atoms with Crippen molar-refractivity contribution >= 4 is 41.2 Å². The van der Waals surface area contributed by atoms with E-state index in [2.05, 4.69) is 0 Å². The first-order valence-corrected chi connectivity index (χ1v) is 9.63. The highest BCUT2D eigenvalue weighted by atomic mass is 35.5. The van der Waals surface area contributed by atoms with Gasteiger partial charge in [-0.1, -0.05) is 23.7 Å². The fourth-order valence-electron chi connectivity index (χ4n) is 3.21. The second-order valence-corrected chi connectivity index (χ2v) is 6.91. The van der Waals surface area contributed by atoms with Gasteiger partial charge in [0.05, 0.1) is 30.4 Å². The van der Waals surface area contributed by atoms with E-state index in [1.807, 2.05) is 0 Å². The van der Waals surface area contributed by atoms with Gasteiger partial charge in [0.1, 0.15) is 0 Å². The maximum Gasteiger partial charge on any atom is 0.340 e. The summed E-state index contributed by atoms with van der Waals surface area (Å²) in [4.78, 5) is 39.0. The third kappa shape index (κ3) is 4.14. The van der Waals surface area contributed by atoms with Crippen LogP contribution in [0.15, 0.2) is 65.4 Å². The quantitative estimate of drug-likeness (QED) is 0.524. The molecule has 6 nitrogen and oxygen atoms in total. The average Bonchev–Trinajstić information content (AvgIpc) is 2.97. The number of methoxy groups -OCH3 is 1. The van der Waals surface area contributed by atoms with Crippen LogP contribution >= 0.6 is 11.6 Å². The van der Waals surface area contributed by atoms with E-state index in [-0.39, 0.29) is 23.7 Å². The normalized spacial score (nSPS) is 15.0. The van der Waals surface area contributed by atoms with Gasteiger partial charge in [-0.3, -0.25) is 9.69 Å². The smallest absolute Gasteiger partial charge is 0.340 e. The number of benzene rings is 2. The Morgan fingerprint density at radius 3 is 2.40 bits per heavy atom. The van der Waals surface area contributed by atoms with Crippen LogP contribution in [0.25, 0.3) is 6.08 Å². The zero-order valence-electron chi connectivity index (χ0n) is 16.8. The van der Waals surface area contributed by atoms with E-state index in [0.717, 1.165) is 0 Å². The topological polar surface area (TPSA) is 72.9 Å². The van der Waals surface area contributed by atoms with E-state index >= 15 is 0 Å². The van der Waals surface area contributed by atoms with Crippen LogP contribution in [0.3, 0.4) is 0 Å². The molecule has 2 aromatic carbocycles. The molecule has 7 heteroatoms. The second-order valence-electron chi connectivity index (χ2n) is 6.47. The number of esters is 2. The molecule has 0 unspecified atom stereocenters. The molecule has 0 bridgehead atoms. The summed E-state index contributed by atoms with van der Waals surface area (Å²) in [6.45, 7) is 3.67. The molecule has 1 amide bonds. The van der Waals surface area contributed by atoms with Crippen molar-refractivity contribution in [2.45, 2.75) is 13.8 Å². The lowest BCUT2D eigenvalue weighted by molar-refractivity contribution is -0.136. The van der Waals surface area contributed by atoms with Gasteiger partial charge in [0.15, 0.2) is 0 Å². The number of anilines is 1. The Morgan fingerprint density at radius 2 is 1.80 bits per heavy atom. The molecule has 1 aliphatic rings. The first kappa shape index (κ1) is 21.3. The molecule has 0 saturated carbocycles. The summed E-state index contributed by atoms with van der Waals surface area (Å²) in [7, 11) is 1.26. The minimum Gasteiger partial charge on any atom is -0.465 e. The first-order chi connectivity index (χ1) is 14.4. The van der Waals surface area contributed by atoms with Crippen molar-refractivity contribution in [3.05, 3.63) is 81.5 Å². The number of amides is 1. The molecule has 1 aliphatic heterocycles. The van der Waals surface area contributed by atoms with Gasteiger partial charge < -0.3 is 9.47 Å². The average molecular weight is 426 g/mol. The van der Waals surface area contributed by atoms with E-state index in [1.54, 1.807) is 68.5 Å². The van der Waals surface area contributed by atoms with E-state index in [9.17, 15) is 14.4 Å². The molecule has 0 saturated heterocycles. The van der Waals surface area contributed by atoms with Gasteiger partial charge in [-0.2, -0.15) is 0 Å².